The number of nitrogens with one attached hydrogen (secondary N) is 2. The number of ether oxygens (including phenoxy) is 1. The lowest BCUT2D eigenvalue weighted by molar-refractivity contribution is -0.118. The number of rotatable bonds is 6. The van der Waals surface area contributed by atoms with Gasteiger partial charge in [0.05, 0.1) is 12.7 Å². The van der Waals surface area contributed by atoms with Gasteiger partial charge in [0.2, 0.25) is 5.91 Å². The van der Waals surface area contributed by atoms with E-state index >= 15 is 0 Å². The summed E-state index contributed by atoms with van der Waals surface area (Å²) >= 11 is 0. The first-order chi connectivity index (χ1) is 13.2. The Morgan fingerprint density at radius 1 is 1.04 bits per heavy atom. The van der Waals surface area contributed by atoms with Crippen LogP contribution in [0.5, 0.6) is 0 Å². The number of hydrogen-bond donors (Lipinski definition) is 2. The van der Waals surface area contributed by atoms with Gasteiger partial charge in [-0.3, -0.25) is 9.59 Å². The third-order valence-electron chi connectivity index (χ3n) is 4.34. The fraction of sp³-hybridized carbons (Fsp3) is 0.286. The zero-order chi connectivity index (χ0) is 20.8. The average molecular weight is 386 g/mol. The normalized spacial score (nSPS) is 11.6. The quantitative estimate of drug-likeness (QED) is 0.746. The summed E-state index contributed by atoms with van der Waals surface area (Å²) in [4.78, 5) is 37.0. The summed E-state index contributed by atoms with van der Waals surface area (Å²) in [6.07, 6.45) is 0. The molecule has 7 heteroatoms. The molecule has 2 amide bonds. The van der Waals surface area contributed by atoms with E-state index in [1.807, 2.05) is 0 Å². The van der Waals surface area contributed by atoms with Crippen molar-refractivity contribution in [3.05, 3.63) is 65.0 Å². The molecule has 0 spiro atoms. The van der Waals surface area contributed by atoms with Crippen molar-refractivity contribution >= 4 is 23.5 Å². The van der Waals surface area contributed by atoms with Crippen molar-refractivity contribution in [3.63, 3.8) is 0 Å². The van der Waals surface area contributed by atoms with Crippen molar-refractivity contribution < 1.29 is 23.5 Å². The van der Waals surface area contributed by atoms with Crippen molar-refractivity contribution in [1.29, 1.82) is 0 Å². The summed E-state index contributed by atoms with van der Waals surface area (Å²) in [6.45, 7) is 5.29. The van der Waals surface area contributed by atoms with E-state index in [-0.39, 0.29) is 11.5 Å². The van der Waals surface area contributed by atoms with Gasteiger partial charge in [0.15, 0.2) is 0 Å². The van der Waals surface area contributed by atoms with Crippen LogP contribution in [0.25, 0.3) is 0 Å². The zero-order valence-electron chi connectivity index (χ0n) is 16.2. The Morgan fingerprint density at radius 2 is 1.68 bits per heavy atom. The molecule has 148 valence electrons. The molecule has 2 aromatic carbocycles. The Bertz CT molecular complexity index is 878. The number of anilines is 1. The summed E-state index contributed by atoms with van der Waals surface area (Å²) in [5, 5.41) is 5.43. The molecule has 1 atom stereocenters. The summed E-state index contributed by atoms with van der Waals surface area (Å²) in [7, 11) is 1.28. The number of esters is 1. The molecule has 2 aromatic rings. The lowest BCUT2D eigenvalue weighted by atomic mass is 10.0. The van der Waals surface area contributed by atoms with E-state index in [9.17, 15) is 18.8 Å². The maximum atomic E-state index is 13.0. The monoisotopic (exact) mass is 386 g/mol. The van der Waals surface area contributed by atoms with Crippen molar-refractivity contribution in [3.8, 4) is 0 Å². The van der Waals surface area contributed by atoms with Crippen LogP contribution in [0, 0.1) is 18.7 Å². The van der Waals surface area contributed by atoms with E-state index < -0.39 is 29.6 Å². The molecule has 0 fully saturated rings. The van der Waals surface area contributed by atoms with Crippen molar-refractivity contribution in [1.82, 2.24) is 5.32 Å². The van der Waals surface area contributed by atoms with Crippen molar-refractivity contribution in [2.45, 2.75) is 26.8 Å². The van der Waals surface area contributed by atoms with Gasteiger partial charge in [-0.1, -0.05) is 19.9 Å². The van der Waals surface area contributed by atoms with E-state index in [0.29, 0.717) is 16.8 Å². The summed E-state index contributed by atoms with van der Waals surface area (Å²) < 4.78 is 17.8. The molecule has 0 bridgehead atoms. The van der Waals surface area contributed by atoms with Gasteiger partial charge < -0.3 is 15.4 Å². The van der Waals surface area contributed by atoms with Gasteiger partial charge in [-0.05, 0) is 54.8 Å². The van der Waals surface area contributed by atoms with Crippen LogP contribution in [0.4, 0.5) is 10.1 Å². The number of carbonyl (C=O) groups excluding carboxylic acids is 3. The van der Waals surface area contributed by atoms with E-state index in [2.05, 4.69) is 10.6 Å². The molecule has 6 nitrogen and oxygen atoms in total. The number of carbonyl (C=O) groups is 3. The molecule has 1 unspecified atom stereocenters. The zero-order valence-corrected chi connectivity index (χ0v) is 16.2. The van der Waals surface area contributed by atoms with E-state index in [0.717, 1.165) is 0 Å². The molecule has 0 saturated carbocycles. The number of amides is 2. The Hall–Kier alpha value is -3.22. The van der Waals surface area contributed by atoms with Crippen molar-refractivity contribution in [2.24, 2.45) is 5.92 Å². The number of halogens is 1. The second-order valence-corrected chi connectivity index (χ2v) is 6.66. The fourth-order valence-electron chi connectivity index (χ4n) is 2.67. The fourth-order valence-corrected chi connectivity index (χ4v) is 2.67. The largest absolute Gasteiger partial charge is 0.465 e. The molecule has 0 heterocycles. The van der Waals surface area contributed by atoms with E-state index in [4.69, 9.17) is 4.74 Å². The van der Waals surface area contributed by atoms with Gasteiger partial charge in [-0.25, -0.2) is 9.18 Å². The number of hydrogen-bond acceptors (Lipinski definition) is 4. The molecule has 0 radical (unpaired) electrons. The first-order valence-electron chi connectivity index (χ1n) is 8.79. The summed E-state index contributed by atoms with van der Waals surface area (Å²) in [6, 6.07) is 9.15. The molecule has 2 N–H and O–H groups in total. The summed E-state index contributed by atoms with van der Waals surface area (Å²) in [5.41, 5.74) is 1.62. The highest BCUT2D eigenvalue weighted by Gasteiger charge is 2.25. The Morgan fingerprint density at radius 3 is 2.25 bits per heavy atom. The molecule has 0 aromatic heterocycles. The standard InChI is InChI=1S/C21H23FN2O4/c1-12(2)18(24-19(25)14-8-10-15(22)11-9-14)20(26)23-17-7-5-6-16(13(17)3)21(27)28-4/h5-12,18H,1-4H3,(H,23,26)(H,24,25). The predicted molar refractivity (Wildman–Crippen MR) is 104 cm³/mol. The second kappa shape index (κ2) is 9.12. The Balaban J connectivity index is 2.18. The highest BCUT2D eigenvalue weighted by molar-refractivity contribution is 6.02. The molecular weight excluding hydrogens is 363 g/mol. The number of benzene rings is 2. The average Bonchev–Trinajstić information content (AvgIpc) is 2.67. The molecule has 0 aliphatic rings. The smallest absolute Gasteiger partial charge is 0.338 e. The topological polar surface area (TPSA) is 84.5 Å². The van der Waals surface area contributed by atoms with Gasteiger partial charge in [-0.15, -0.1) is 0 Å². The van der Waals surface area contributed by atoms with Gasteiger partial charge >= 0.3 is 5.97 Å². The number of methoxy groups -OCH3 is 1. The van der Waals surface area contributed by atoms with Gasteiger partial charge in [0.1, 0.15) is 11.9 Å². The first-order valence-corrected chi connectivity index (χ1v) is 8.79. The van der Waals surface area contributed by atoms with Gasteiger partial charge in [0.25, 0.3) is 5.91 Å². The summed E-state index contributed by atoms with van der Waals surface area (Å²) in [5.74, 6) is -2.05. The second-order valence-electron chi connectivity index (χ2n) is 6.66. The SMILES string of the molecule is COC(=O)c1cccc(NC(=O)C(NC(=O)c2ccc(F)cc2)C(C)C)c1C. The third-order valence-corrected chi connectivity index (χ3v) is 4.34. The molecule has 28 heavy (non-hydrogen) atoms. The maximum Gasteiger partial charge on any atom is 0.338 e. The Kier molecular flexibility index (Phi) is 6.87. The highest BCUT2D eigenvalue weighted by Crippen LogP contribution is 2.20. The first kappa shape index (κ1) is 21.1. The molecular formula is C21H23FN2O4. The van der Waals surface area contributed by atoms with Crippen LogP contribution >= 0.6 is 0 Å². The van der Waals surface area contributed by atoms with E-state index in [1.54, 1.807) is 39.0 Å². The van der Waals surface area contributed by atoms with Gasteiger partial charge in [0, 0.05) is 11.3 Å². The third kappa shape index (κ3) is 4.94. The van der Waals surface area contributed by atoms with Gasteiger partial charge in [-0.2, -0.15) is 0 Å². The van der Waals surface area contributed by atoms with Crippen LogP contribution in [-0.2, 0) is 9.53 Å². The molecule has 0 saturated heterocycles. The van der Waals surface area contributed by atoms with Crippen LogP contribution in [0.15, 0.2) is 42.5 Å². The minimum atomic E-state index is -0.821. The maximum absolute atomic E-state index is 13.0. The predicted octanol–water partition coefficient (Wildman–Crippen LogP) is 3.31. The van der Waals surface area contributed by atoms with Crippen LogP contribution in [0.2, 0.25) is 0 Å². The lowest BCUT2D eigenvalue weighted by Crippen LogP contribution is -2.47. The van der Waals surface area contributed by atoms with Crippen LogP contribution in [-0.4, -0.2) is 30.9 Å². The van der Waals surface area contributed by atoms with Crippen LogP contribution in [0.1, 0.15) is 40.1 Å². The van der Waals surface area contributed by atoms with Crippen LogP contribution in [0.3, 0.4) is 0 Å². The minimum Gasteiger partial charge on any atom is -0.465 e. The van der Waals surface area contributed by atoms with E-state index in [1.165, 1.54) is 31.4 Å². The molecule has 0 aliphatic heterocycles. The van der Waals surface area contributed by atoms with Crippen molar-refractivity contribution in [2.75, 3.05) is 12.4 Å². The van der Waals surface area contributed by atoms with Crippen LogP contribution < -0.4 is 10.6 Å². The highest BCUT2D eigenvalue weighted by atomic mass is 19.1. The Labute approximate surface area is 163 Å². The molecule has 2 rings (SSSR count). The lowest BCUT2D eigenvalue weighted by Gasteiger charge is -2.22. The minimum absolute atomic E-state index is 0.200. The molecule has 0 aliphatic carbocycles.